The number of hydrogen-bond acceptors (Lipinski definition) is 3. The molecule has 1 saturated heterocycles. The summed E-state index contributed by atoms with van der Waals surface area (Å²) < 4.78 is 5.60. The molecule has 5 heteroatoms. The molecule has 0 spiro atoms. The molecule has 88 valence electrons. The first-order valence-electron chi connectivity index (χ1n) is 5.58. The van der Waals surface area contributed by atoms with Crippen LogP contribution in [0.3, 0.4) is 0 Å². The second-order valence-electron chi connectivity index (χ2n) is 4.16. The molecule has 1 fully saturated rings. The van der Waals surface area contributed by atoms with Crippen molar-refractivity contribution in [2.24, 2.45) is 0 Å². The van der Waals surface area contributed by atoms with Crippen LogP contribution in [0.5, 0.6) is 0 Å². The van der Waals surface area contributed by atoms with Gasteiger partial charge in [-0.1, -0.05) is 0 Å². The summed E-state index contributed by atoms with van der Waals surface area (Å²) in [6.07, 6.45) is 3.27. The molecule has 2 N–H and O–H groups in total. The van der Waals surface area contributed by atoms with E-state index in [1.54, 1.807) is 13.0 Å². The number of aliphatic carboxylic acids is 1. The number of aromatic nitrogens is 2. The standard InChI is InChI=1S/C11H16N2O3/c1-7(11(14)15)8-6-9(13-12-8)10-4-2-3-5-16-10/h6-7,10H,2-5H2,1H3,(H,12,13)(H,14,15). The molecule has 0 bridgehead atoms. The van der Waals surface area contributed by atoms with Crippen molar-refractivity contribution in [2.75, 3.05) is 6.61 Å². The van der Waals surface area contributed by atoms with Crippen LogP contribution in [-0.4, -0.2) is 27.9 Å². The van der Waals surface area contributed by atoms with Crippen LogP contribution in [0.1, 0.15) is 49.6 Å². The number of H-pyrrole nitrogens is 1. The van der Waals surface area contributed by atoms with E-state index in [0.29, 0.717) is 5.69 Å². The van der Waals surface area contributed by atoms with E-state index in [2.05, 4.69) is 10.2 Å². The molecular weight excluding hydrogens is 208 g/mol. The number of hydrogen-bond donors (Lipinski definition) is 2. The van der Waals surface area contributed by atoms with Gasteiger partial charge >= 0.3 is 5.97 Å². The lowest BCUT2D eigenvalue weighted by Gasteiger charge is -2.20. The second-order valence-corrected chi connectivity index (χ2v) is 4.16. The molecule has 0 saturated carbocycles. The van der Waals surface area contributed by atoms with E-state index in [-0.39, 0.29) is 6.10 Å². The van der Waals surface area contributed by atoms with Gasteiger partial charge in [0.15, 0.2) is 0 Å². The Hall–Kier alpha value is -1.36. The first kappa shape index (κ1) is 11.1. The van der Waals surface area contributed by atoms with Gasteiger partial charge in [0, 0.05) is 6.61 Å². The van der Waals surface area contributed by atoms with Crippen LogP contribution in [0.2, 0.25) is 0 Å². The summed E-state index contributed by atoms with van der Waals surface area (Å²) >= 11 is 0. The lowest BCUT2D eigenvalue weighted by Crippen LogP contribution is -2.11. The molecule has 2 rings (SSSR count). The lowest BCUT2D eigenvalue weighted by atomic mass is 10.0. The summed E-state index contributed by atoms with van der Waals surface area (Å²) in [7, 11) is 0. The van der Waals surface area contributed by atoms with Gasteiger partial charge in [0.05, 0.1) is 23.4 Å². The molecule has 16 heavy (non-hydrogen) atoms. The molecule has 2 heterocycles. The maximum Gasteiger partial charge on any atom is 0.312 e. The van der Waals surface area contributed by atoms with E-state index in [1.807, 2.05) is 0 Å². The minimum atomic E-state index is -0.859. The van der Waals surface area contributed by atoms with E-state index in [4.69, 9.17) is 9.84 Å². The molecule has 2 atom stereocenters. The van der Waals surface area contributed by atoms with E-state index in [0.717, 1.165) is 31.6 Å². The molecule has 1 aromatic rings. The van der Waals surface area contributed by atoms with Crippen molar-refractivity contribution in [1.82, 2.24) is 10.2 Å². The first-order valence-corrected chi connectivity index (χ1v) is 5.58. The number of carboxylic acid groups (broad SMARTS) is 1. The van der Waals surface area contributed by atoms with Gasteiger partial charge in [-0.15, -0.1) is 0 Å². The Labute approximate surface area is 93.8 Å². The molecule has 0 amide bonds. The van der Waals surface area contributed by atoms with Gasteiger partial charge in [-0.2, -0.15) is 5.10 Å². The largest absolute Gasteiger partial charge is 0.481 e. The maximum absolute atomic E-state index is 10.8. The smallest absolute Gasteiger partial charge is 0.312 e. The van der Waals surface area contributed by atoms with Gasteiger partial charge in [-0.3, -0.25) is 9.89 Å². The number of carboxylic acids is 1. The lowest BCUT2D eigenvalue weighted by molar-refractivity contribution is -0.138. The Balaban J connectivity index is 2.09. The van der Waals surface area contributed by atoms with Crippen LogP contribution in [-0.2, 0) is 9.53 Å². The minimum absolute atomic E-state index is 0.0518. The highest BCUT2D eigenvalue weighted by atomic mass is 16.5. The molecular formula is C11H16N2O3. The average molecular weight is 224 g/mol. The Kier molecular flexibility index (Phi) is 3.24. The van der Waals surface area contributed by atoms with Crippen LogP contribution in [0.15, 0.2) is 6.07 Å². The highest BCUT2D eigenvalue weighted by Gasteiger charge is 2.22. The summed E-state index contributed by atoms with van der Waals surface area (Å²) in [5.74, 6) is -1.43. The van der Waals surface area contributed by atoms with Gasteiger partial charge in [-0.25, -0.2) is 0 Å². The van der Waals surface area contributed by atoms with Gasteiger partial charge in [0.1, 0.15) is 0 Å². The summed E-state index contributed by atoms with van der Waals surface area (Å²) in [6.45, 7) is 2.40. The van der Waals surface area contributed by atoms with Crippen molar-refractivity contribution < 1.29 is 14.6 Å². The summed E-state index contributed by atoms with van der Waals surface area (Å²) in [6, 6.07) is 1.80. The highest BCUT2D eigenvalue weighted by molar-refractivity contribution is 5.74. The fourth-order valence-electron chi connectivity index (χ4n) is 1.85. The molecule has 0 aliphatic carbocycles. The average Bonchev–Trinajstić information content (AvgIpc) is 2.78. The zero-order chi connectivity index (χ0) is 11.5. The van der Waals surface area contributed by atoms with Gasteiger partial charge in [0.2, 0.25) is 0 Å². The van der Waals surface area contributed by atoms with Crippen molar-refractivity contribution in [1.29, 1.82) is 0 Å². The van der Waals surface area contributed by atoms with Crippen LogP contribution < -0.4 is 0 Å². The van der Waals surface area contributed by atoms with Crippen molar-refractivity contribution in [3.8, 4) is 0 Å². The number of ether oxygens (including phenoxy) is 1. The molecule has 1 aromatic heterocycles. The molecule has 1 aliphatic heterocycles. The quantitative estimate of drug-likeness (QED) is 0.821. The van der Waals surface area contributed by atoms with E-state index in [9.17, 15) is 4.79 Å². The maximum atomic E-state index is 10.8. The Morgan fingerprint density at radius 1 is 1.69 bits per heavy atom. The summed E-state index contributed by atoms with van der Waals surface area (Å²) in [4.78, 5) is 10.8. The fraction of sp³-hybridized carbons (Fsp3) is 0.636. The predicted octanol–water partition coefficient (Wildman–Crippen LogP) is 1.84. The predicted molar refractivity (Wildman–Crippen MR) is 57.2 cm³/mol. The molecule has 0 radical (unpaired) electrons. The van der Waals surface area contributed by atoms with Crippen LogP contribution in [0.25, 0.3) is 0 Å². The number of rotatable bonds is 3. The number of carbonyl (C=O) groups is 1. The van der Waals surface area contributed by atoms with Crippen LogP contribution >= 0.6 is 0 Å². The van der Waals surface area contributed by atoms with E-state index < -0.39 is 11.9 Å². The molecule has 2 unspecified atom stereocenters. The molecule has 1 aliphatic rings. The van der Waals surface area contributed by atoms with Gasteiger partial charge < -0.3 is 9.84 Å². The Bertz CT molecular complexity index is 369. The zero-order valence-corrected chi connectivity index (χ0v) is 9.27. The SMILES string of the molecule is CC(C(=O)O)c1cc(C2CCCCO2)[nH]n1. The molecule has 0 aromatic carbocycles. The van der Waals surface area contributed by atoms with Crippen LogP contribution in [0, 0.1) is 0 Å². The third-order valence-corrected chi connectivity index (χ3v) is 2.96. The van der Waals surface area contributed by atoms with Crippen molar-refractivity contribution in [3.63, 3.8) is 0 Å². The summed E-state index contributed by atoms with van der Waals surface area (Å²) in [5.41, 5.74) is 1.46. The van der Waals surface area contributed by atoms with Gasteiger partial charge in [0.25, 0.3) is 0 Å². The number of aromatic amines is 1. The number of nitrogens with one attached hydrogen (secondary N) is 1. The highest BCUT2D eigenvalue weighted by Crippen LogP contribution is 2.27. The van der Waals surface area contributed by atoms with Crippen molar-refractivity contribution in [3.05, 3.63) is 17.5 Å². The third-order valence-electron chi connectivity index (χ3n) is 2.96. The number of nitrogens with zero attached hydrogens (tertiary/aromatic N) is 1. The van der Waals surface area contributed by atoms with E-state index in [1.165, 1.54) is 0 Å². The molecule has 5 nitrogen and oxygen atoms in total. The van der Waals surface area contributed by atoms with Crippen molar-refractivity contribution in [2.45, 2.75) is 38.2 Å². The topological polar surface area (TPSA) is 75.2 Å². The third kappa shape index (κ3) is 2.24. The van der Waals surface area contributed by atoms with E-state index >= 15 is 0 Å². The van der Waals surface area contributed by atoms with Crippen molar-refractivity contribution >= 4 is 5.97 Å². The van der Waals surface area contributed by atoms with Gasteiger partial charge in [-0.05, 0) is 32.3 Å². The minimum Gasteiger partial charge on any atom is -0.481 e. The Morgan fingerprint density at radius 2 is 2.50 bits per heavy atom. The zero-order valence-electron chi connectivity index (χ0n) is 9.27. The monoisotopic (exact) mass is 224 g/mol. The first-order chi connectivity index (χ1) is 7.68. The normalized spacial score (nSPS) is 22.9. The van der Waals surface area contributed by atoms with Crippen LogP contribution in [0.4, 0.5) is 0 Å². The second kappa shape index (κ2) is 4.65. The fourth-order valence-corrected chi connectivity index (χ4v) is 1.85. The summed E-state index contributed by atoms with van der Waals surface area (Å²) in [5, 5.41) is 15.8. The Morgan fingerprint density at radius 3 is 3.12 bits per heavy atom.